The molecule has 0 fully saturated rings. The van der Waals surface area contributed by atoms with Gasteiger partial charge in [0.25, 0.3) is 5.56 Å². The smallest absolute Gasteiger partial charge is 0.312 e. The summed E-state index contributed by atoms with van der Waals surface area (Å²) in [7, 11) is 3.10. The molecule has 2 aromatic carbocycles. The Hall–Kier alpha value is -3.74. The van der Waals surface area contributed by atoms with E-state index in [-0.39, 0.29) is 23.7 Å². The van der Waals surface area contributed by atoms with E-state index in [1.54, 1.807) is 49.1 Å². The van der Waals surface area contributed by atoms with Crippen LogP contribution in [0.5, 0.6) is 23.0 Å². The molecule has 1 aliphatic heterocycles. The summed E-state index contributed by atoms with van der Waals surface area (Å²) in [4.78, 5) is 25.9. The Bertz CT molecular complexity index is 1210. The minimum atomic E-state index is -0.445. The van der Waals surface area contributed by atoms with Gasteiger partial charge in [0.05, 0.1) is 26.2 Å². The molecule has 0 bridgehead atoms. The van der Waals surface area contributed by atoms with Crippen molar-refractivity contribution >= 4 is 5.97 Å². The Morgan fingerprint density at radius 3 is 2.44 bits per heavy atom. The molecule has 32 heavy (non-hydrogen) atoms. The molecule has 3 aromatic rings. The molecule has 1 atom stereocenters. The van der Waals surface area contributed by atoms with Gasteiger partial charge in [0, 0.05) is 24.2 Å². The number of hydrogen-bond donors (Lipinski definition) is 1. The number of carbonyl (C=O) groups excluding carboxylic acids is 1. The zero-order chi connectivity index (χ0) is 22.8. The SMILES string of the molecule is COc1ccc([C@H]2CC(=O)Oc3cc(C)n(CCc4ccc(O)cc4)c(=O)c32)cc1OC. The maximum atomic E-state index is 13.6. The lowest BCUT2D eigenvalue weighted by molar-refractivity contribution is -0.135. The average molecular weight is 435 g/mol. The molecule has 0 aliphatic carbocycles. The van der Waals surface area contributed by atoms with Crippen LogP contribution in [0.3, 0.4) is 0 Å². The Balaban J connectivity index is 1.74. The van der Waals surface area contributed by atoms with Gasteiger partial charge < -0.3 is 23.9 Å². The molecule has 2 heterocycles. The first-order chi connectivity index (χ1) is 15.4. The van der Waals surface area contributed by atoms with E-state index in [9.17, 15) is 14.7 Å². The maximum Gasteiger partial charge on any atom is 0.312 e. The number of esters is 1. The number of fused-ring (bicyclic) bond motifs is 1. The number of benzene rings is 2. The number of aryl methyl sites for hydroxylation is 2. The number of phenolic OH excluding ortho intramolecular Hbond substituents is 1. The van der Waals surface area contributed by atoms with Crippen LogP contribution in [0.15, 0.2) is 53.3 Å². The van der Waals surface area contributed by atoms with E-state index in [0.717, 1.165) is 11.1 Å². The van der Waals surface area contributed by atoms with Gasteiger partial charge in [-0.3, -0.25) is 9.59 Å². The molecule has 0 amide bonds. The molecule has 1 aromatic heterocycles. The van der Waals surface area contributed by atoms with Crippen LogP contribution in [0.2, 0.25) is 0 Å². The van der Waals surface area contributed by atoms with Crippen LogP contribution >= 0.6 is 0 Å². The molecule has 7 nitrogen and oxygen atoms in total. The molecule has 0 unspecified atom stereocenters. The normalized spacial score (nSPS) is 15.1. The second-order valence-electron chi connectivity index (χ2n) is 7.78. The number of phenols is 1. The highest BCUT2D eigenvalue weighted by Crippen LogP contribution is 2.40. The van der Waals surface area contributed by atoms with Crippen LogP contribution < -0.4 is 19.8 Å². The number of nitrogens with zero attached hydrogens (tertiary/aromatic N) is 1. The number of aromatic hydroxyl groups is 1. The van der Waals surface area contributed by atoms with Gasteiger partial charge in [-0.25, -0.2) is 0 Å². The predicted molar refractivity (Wildman–Crippen MR) is 119 cm³/mol. The monoisotopic (exact) mass is 435 g/mol. The fourth-order valence-electron chi connectivity index (χ4n) is 4.13. The topological polar surface area (TPSA) is 87.0 Å². The van der Waals surface area contributed by atoms with Crippen LogP contribution in [-0.2, 0) is 17.8 Å². The van der Waals surface area contributed by atoms with Gasteiger partial charge in [-0.1, -0.05) is 18.2 Å². The van der Waals surface area contributed by atoms with Gasteiger partial charge in [0.15, 0.2) is 11.5 Å². The fourth-order valence-corrected chi connectivity index (χ4v) is 4.13. The lowest BCUT2D eigenvalue weighted by Gasteiger charge is -2.26. The molecular weight excluding hydrogens is 410 g/mol. The van der Waals surface area contributed by atoms with Crippen molar-refractivity contribution in [3.8, 4) is 23.0 Å². The third-order valence-corrected chi connectivity index (χ3v) is 5.82. The second kappa shape index (κ2) is 8.78. The van der Waals surface area contributed by atoms with E-state index in [1.807, 2.05) is 25.1 Å². The number of methoxy groups -OCH3 is 2. The van der Waals surface area contributed by atoms with Crippen molar-refractivity contribution in [2.24, 2.45) is 0 Å². The highest BCUT2D eigenvalue weighted by molar-refractivity contribution is 5.77. The Kier molecular flexibility index (Phi) is 5.90. The summed E-state index contributed by atoms with van der Waals surface area (Å²) in [6, 6.07) is 14.1. The minimum absolute atomic E-state index is 0.0682. The molecule has 0 saturated heterocycles. The highest BCUT2D eigenvalue weighted by atomic mass is 16.5. The molecule has 4 rings (SSSR count). The molecule has 1 N–H and O–H groups in total. The number of pyridine rings is 1. The van der Waals surface area contributed by atoms with Crippen molar-refractivity contribution in [1.82, 2.24) is 4.57 Å². The summed E-state index contributed by atoms with van der Waals surface area (Å²) in [5, 5.41) is 9.48. The zero-order valence-corrected chi connectivity index (χ0v) is 18.3. The van der Waals surface area contributed by atoms with Crippen molar-refractivity contribution < 1.29 is 24.1 Å². The number of hydrogen-bond acceptors (Lipinski definition) is 6. The first-order valence-electron chi connectivity index (χ1n) is 10.4. The zero-order valence-electron chi connectivity index (χ0n) is 18.3. The second-order valence-corrected chi connectivity index (χ2v) is 7.78. The van der Waals surface area contributed by atoms with Crippen LogP contribution in [0.4, 0.5) is 0 Å². The predicted octanol–water partition coefficient (Wildman–Crippen LogP) is 3.56. The van der Waals surface area contributed by atoms with Crippen molar-refractivity contribution in [1.29, 1.82) is 0 Å². The van der Waals surface area contributed by atoms with Gasteiger partial charge >= 0.3 is 5.97 Å². The maximum absolute atomic E-state index is 13.6. The highest BCUT2D eigenvalue weighted by Gasteiger charge is 2.33. The van der Waals surface area contributed by atoms with Gasteiger partial charge in [-0.05, 0) is 48.7 Å². The molecule has 7 heteroatoms. The third-order valence-electron chi connectivity index (χ3n) is 5.82. The van der Waals surface area contributed by atoms with E-state index in [1.165, 1.54) is 0 Å². The average Bonchev–Trinajstić information content (AvgIpc) is 2.78. The summed E-state index contributed by atoms with van der Waals surface area (Å²) >= 11 is 0. The first kappa shape index (κ1) is 21.5. The van der Waals surface area contributed by atoms with E-state index in [4.69, 9.17) is 14.2 Å². The van der Waals surface area contributed by atoms with E-state index < -0.39 is 5.92 Å². The first-order valence-corrected chi connectivity index (χ1v) is 10.4. The summed E-state index contributed by atoms with van der Waals surface area (Å²) in [5.74, 6) is 0.798. The lowest BCUT2D eigenvalue weighted by atomic mass is 9.86. The van der Waals surface area contributed by atoms with Gasteiger partial charge in [0.2, 0.25) is 0 Å². The van der Waals surface area contributed by atoms with Crippen LogP contribution in [0.1, 0.15) is 34.7 Å². The lowest BCUT2D eigenvalue weighted by Crippen LogP contribution is -2.33. The summed E-state index contributed by atoms with van der Waals surface area (Å²) in [5.41, 5.74) is 2.80. The van der Waals surface area contributed by atoms with Crippen LogP contribution in [0.25, 0.3) is 0 Å². The largest absolute Gasteiger partial charge is 0.508 e. The standard InChI is InChI=1S/C25H25NO6/c1-15-12-22-24(25(29)26(15)11-10-16-4-7-18(27)8-5-16)19(14-23(28)32-22)17-6-9-20(30-2)21(13-17)31-3/h4-9,12-13,19,27H,10-11,14H2,1-3H3/t19-/m1/s1. The van der Waals surface area contributed by atoms with Gasteiger partial charge in [-0.15, -0.1) is 0 Å². The van der Waals surface area contributed by atoms with Gasteiger partial charge in [-0.2, -0.15) is 0 Å². The summed E-state index contributed by atoms with van der Waals surface area (Å²) < 4.78 is 17.9. The van der Waals surface area contributed by atoms with Crippen molar-refractivity contribution in [3.63, 3.8) is 0 Å². The van der Waals surface area contributed by atoms with Crippen molar-refractivity contribution in [3.05, 3.63) is 81.3 Å². The van der Waals surface area contributed by atoms with E-state index in [2.05, 4.69) is 0 Å². The molecular formula is C25H25NO6. The van der Waals surface area contributed by atoms with Crippen molar-refractivity contribution in [2.75, 3.05) is 14.2 Å². The van der Waals surface area contributed by atoms with Gasteiger partial charge in [0.1, 0.15) is 11.5 Å². The van der Waals surface area contributed by atoms with Crippen LogP contribution in [0, 0.1) is 6.92 Å². The number of rotatable bonds is 6. The number of carbonyl (C=O) groups is 1. The summed E-state index contributed by atoms with van der Waals surface area (Å²) in [6.07, 6.45) is 0.694. The Morgan fingerprint density at radius 2 is 1.75 bits per heavy atom. The van der Waals surface area contributed by atoms with E-state index >= 15 is 0 Å². The quantitative estimate of drug-likeness (QED) is 0.596. The fraction of sp³-hybridized carbons (Fsp3) is 0.280. The van der Waals surface area contributed by atoms with Crippen LogP contribution in [-0.4, -0.2) is 29.9 Å². The molecule has 0 spiro atoms. The summed E-state index contributed by atoms with van der Waals surface area (Å²) in [6.45, 7) is 2.29. The molecule has 0 saturated carbocycles. The molecule has 1 aliphatic rings. The van der Waals surface area contributed by atoms with E-state index in [0.29, 0.717) is 41.5 Å². The number of aromatic nitrogens is 1. The Morgan fingerprint density at radius 1 is 1.03 bits per heavy atom. The third kappa shape index (κ3) is 4.06. The number of ether oxygens (including phenoxy) is 3. The minimum Gasteiger partial charge on any atom is -0.508 e. The van der Waals surface area contributed by atoms with Crippen molar-refractivity contribution in [2.45, 2.75) is 32.2 Å². The molecule has 0 radical (unpaired) electrons. The Labute approximate surface area is 185 Å². The molecule has 166 valence electrons.